The van der Waals surface area contributed by atoms with Crippen molar-refractivity contribution in [2.45, 2.75) is 6.42 Å². The smallest absolute Gasteiger partial charge is 0.221 e. The molecular formula is C16H17N3O. The summed E-state index contributed by atoms with van der Waals surface area (Å²) >= 11 is 0. The van der Waals surface area contributed by atoms with Crippen LogP contribution in [0.2, 0.25) is 0 Å². The molecule has 2 heterocycles. The van der Waals surface area contributed by atoms with Crippen molar-refractivity contribution in [2.24, 2.45) is 0 Å². The Morgan fingerprint density at radius 2 is 1.85 bits per heavy atom. The van der Waals surface area contributed by atoms with E-state index in [4.69, 9.17) is 4.74 Å². The molecule has 0 amide bonds. The van der Waals surface area contributed by atoms with Crippen LogP contribution in [0.3, 0.4) is 0 Å². The largest absolute Gasteiger partial charge is 0.481 e. The molecule has 1 aromatic heterocycles. The third-order valence-electron chi connectivity index (χ3n) is 3.42. The second-order valence-electron chi connectivity index (χ2n) is 4.72. The first-order chi connectivity index (χ1) is 9.88. The predicted octanol–water partition coefficient (Wildman–Crippen LogP) is 2.45. The lowest BCUT2D eigenvalue weighted by Crippen LogP contribution is -2.22. The van der Waals surface area contributed by atoms with Gasteiger partial charge in [0.15, 0.2) is 0 Å². The molecule has 0 saturated heterocycles. The zero-order chi connectivity index (χ0) is 13.8. The highest BCUT2D eigenvalue weighted by Gasteiger charge is 2.18. The highest BCUT2D eigenvalue weighted by Crippen LogP contribution is 2.28. The molecule has 4 nitrogen and oxygen atoms in total. The lowest BCUT2D eigenvalue weighted by atomic mass is 10.1. The number of hydrogen-bond acceptors (Lipinski definition) is 4. The number of nitrogens with zero attached hydrogens (tertiary/aromatic N) is 3. The van der Waals surface area contributed by atoms with E-state index in [0.29, 0.717) is 5.88 Å². The minimum absolute atomic E-state index is 0.658. The van der Waals surface area contributed by atoms with E-state index in [1.54, 1.807) is 13.4 Å². The molecule has 20 heavy (non-hydrogen) atoms. The summed E-state index contributed by atoms with van der Waals surface area (Å²) in [7, 11) is 1.66. The minimum atomic E-state index is 0.658. The number of ether oxygens (including phenoxy) is 1. The number of benzene rings is 1. The van der Waals surface area contributed by atoms with Crippen LogP contribution < -0.4 is 9.64 Å². The fourth-order valence-corrected chi connectivity index (χ4v) is 2.44. The molecular weight excluding hydrogens is 250 g/mol. The van der Waals surface area contributed by atoms with Crippen LogP contribution in [-0.2, 0) is 6.42 Å². The molecule has 1 aliphatic heterocycles. The van der Waals surface area contributed by atoms with Crippen molar-refractivity contribution >= 4 is 5.82 Å². The molecule has 2 aromatic rings. The molecule has 0 spiro atoms. The van der Waals surface area contributed by atoms with E-state index in [-0.39, 0.29) is 0 Å². The average Bonchev–Trinajstić information content (AvgIpc) is 3.02. The number of methoxy groups -OCH3 is 1. The van der Waals surface area contributed by atoms with Gasteiger partial charge in [-0.15, -0.1) is 0 Å². The minimum Gasteiger partial charge on any atom is -0.481 e. The van der Waals surface area contributed by atoms with Gasteiger partial charge >= 0.3 is 0 Å². The van der Waals surface area contributed by atoms with Crippen LogP contribution in [0.15, 0.2) is 48.8 Å². The van der Waals surface area contributed by atoms with Gasteiger partial charge in [0.1, 0.15) is 12.1 Å². The van der Waals surface area contributed by atoms with Gasteiger partial charge in [-0.25, -0.2) is 9.97 Å². The van der Waals surface area contributed by atoms with E-state index in [2.05, 4.69) is 39.2 Å². The number of hydrogen-bond donors (Lipinski definition) is 0. The lowest BCUT2D eigenvalue weighted by Gasteiger charge is -2.21. The maximum Gasteiger partial charge on any atom is 0.221 e. The molecule has 1 aliphatic rings. The second kappa shape index (κ2) is 5.74. The first kappa shape index (κ1) is 12.7. The predicted molar refractivity (Wildman–Crippen MR) is 79.2 cm³/mol. The van der Waals surface area contributed by atoms with E-state index in [9.17, 15) is 0 Å². The SMILES string of the molecule is COc1ncnc(N2CC=CC2)c1Cc1ccccc1. The summed E-state index contributed by atoms with van der Waals surface area (Å²) in [6.07, 6.45) is 6.65. The molecule has 0 atom stereocenters. The van der Waals surface area contributed by atoms with E-state index >= 15 is 0 Å². The molecule has 3 rings (SSSR count). The van der Waals surface area contributed by atoms with Gasteiger partial charge in [-0.05, 0) is 5.56 Å². The number of anilines is 1. The van der Waals surface area contributed by atoms with Gasteiger partial charge < -0.3 is 9.64 Å². The Hall–Kier alpha value is -2.36. The zero-order valence-corrected chi connectivity index (χ0v) is 11.5. The molecule has 0 saturated carbocycles. The van der Waals surface area contributed by atoms with Crippen LogP contribution >= 0.6 is 0 Å². The Balaban J connectivity index is 1.98. The van der Waals surface area contributed by atoms with Crippen molar-refractivity contribution in [3.63, 3.8) is 0 Å². The lowest BCUT2D eigenvalue weighted by molar-refractivity contribution is 0.392. The molecule has 0 bridgehead atoms. The van der Waals surface area contributed by atoms with Crippen molar-refractivity contribution in [2.75, 3.05) is 25.1 Å². The summed E-state index contributed by atoms with van der Waals surface area (Å²) in [6.45, 7) is 1.78. The van der Waals surface area contributed by atoms with Crippen molar-refractivity contribution in [3.05, 3.63) is 59.9 Å². The molecule has 4 heteroatoms. The molecule has 0 unspecified atom stereocenters. The molecule has 0 radical (unpaired) electrons. The summed E-state index contributed by atoms with van der Waals surface area (Å²) in [5.74, 6) is 1.62. The van der Waals surface area contributed by atoms with Crippen LogP contribution in [0, 0.1) is 0 Å². The Morgan fingerprint density at radius 1 is 1.10 bits per heavy atom. The van der Waals surface area contributed by atoms with E-state index in [0.717, 1.165) is 30.9 Å². The third kappa shape index (κ3) is 2.50. The van der Waals surface area contributed by atoms with E-state index in [1.807, 2.05) is 18.2 Å². The van der Waals surface area contributed by atoms with Gasteiger partial charge in [-0.2, -0.15) is 0 Å². The summed E-state index contributed by atoms with van der Waals surface area (Å²) < 4.78 is 5.42. The third-order valence-corrected chi connectivity index (χ3v) is 3.42. The zero-order valence-electron chi connectivity index (χ0n) is 11.5. The fraction of sp³-hybridized carbons (Fsp3) is 0.250. The first-order valence-electron chi connectivity index (χ1n) is 6.70. The van der Waals surface area contributed by atoms with Crippen LogP contribution in [0.25, 0.3) is 0 Å². The Labute approximate surface area is 118 Å². The monoisotopic (exact) mass is 267 g/mol. The Morgan fingerprint density at radius 3 is 2.55 bits per heavy atom. The number of rotatable bonds is 4. The first-order valence-corrected chi connectivity index (χ1v) is 6.70. The van der Waals surface area contributed by atoms with Crippen molar-refractivity contribution in [1.82, 2.24) is 9.97 Å². The topological polar surface area (TPSA) is 38.3 Å². The van der Waals surface area contributed by atoms with Gasteiger partial charge in [-0.3, -0.25) is 0 Å². The standard InChI is InChI=1S/C16H17N3O/c1-20-16-14(11-13-7-3-2-4-8-13)15(17-12-18-16)19-9-5-6-10-19/h2-8,12H,9-11H2,1H3. The highest BCUT2D eigenvalue weighted by atomic mass is 16.5. The second-order valence-corrected chi connectivity index (χ2v) is 4.72. The van der Waals surface area contributed by atoms with Crippen LogP contribution in [0.1, 0.15) is 11.1 Å². The van der Waals surface area contributed by atoms with E-state index in [1.165, 1.54) is 5.56 Å². The molecule has 0 fully saturated rings. The van der Waals surface area contributed by atoms with Crippen molar-refractivity contribution in [1.29, 1.82) is 0 Å². The van der Waals surface area contributed by atoms with Crippen LogP contribution in [0.5, 0.6) is 5.88 Å². The van der Waals surface area contributed by atoms with Gasteiger partial charge in [0.25, 0.3) is 0 Å². The normalized spacial score (nSPS) is 13.8. The van der Waals surface area contributed by atoms with E-state index < -0.39 is 0 Å². The van der Waals surface area contributed by atoms with Crippen molar-refractivity contribution in [3.8, 4) is 5.88 Å². The van der Waals surface area contributed by atoms with Gasteiger partial charge in [0.05, 0.1) is 12.7 Å². The quantitative estimate of drug-likeness (QED) is 0.798. The van der Waals surface area contributed by atoms with Gasteiger partial charge in [0, 0.05) is 19.5 Å². The molecule has 102 valence electrons. The fourth-order valence-electron chi connectivity index (χ4n) is 2.44. The van der Waals surface area contributed by atoms with Gasteiger partial charge in [-0.1, -0.05) is 42.5 Å². The van der Waals surface area contributed by atoms with Crippen LogP contribution in [0.4, 0.5) is 5.82 Å². The average molecular weight is 267 g/mol. The molecule has 0 N–H and O–H groups in total. The highest BCUT2D eigenvalue weighted by molar-refractivity contribution is 5.54. The van der Waals surface area contributed by atoms with Crippen LogP contribution in [-0.4, -0.2) is 30.2 Å². The maximum atomic E-state index is 5.42. The summed E-state index contributed by atoms with van der Waals surface area (Å²) in [5.41, 5.74) is 2.28. The summed E-state index contributed by atoms with van der Waals surface area (Å²) in [6, 6.07) is 10.3. The van der Waals surface area contributed by atoms with Gasteiger partial charge in [0.2, 0.25) is 5.88 Å². The Bertz CT molecular complexity index is 602. The molecule has 1 aromatic carbocycles. The summed E-state index contributed by atoms with van der Waals surface area (Å²) in [4.78, 5) is 10.9. The maximum absolute atomic E-state index is 5.42. The van der Waals surface area contributed by atoms with Crippen molar-refractivity contribution < 1.29 is 4.74 Å². The number of aromatic nitrogens is 2. The Kier molecular flexibility index (Phi) is 3.63. The molecule has 0 aliphatic carbocycles. The summed E-state index contributed by atoms with van der Waals surface area (Å²) in [5, 5.41) is 0.